The van der Waals surface area contributed by atoms with E-state index in [1.165, 1.54) is 0 Å². The number of hydrogen-bond acceptors (Lipinski definition) is 3. The van der Waals surface area contributed by atoms with Crippen LogP contribution >= 0.6 is 0 Å². The van der Waals surface area contributed by atoms with Crippen LogP contribution in [0, 0.1) is 0 Å². The molecule has 0 spiro atoms. The Morgan fingerprint density at radius 3 is 2.62 bits per heavy atom. The third-order valence-corrected chi connectivity index (χ3v) is 3.39. The van der Waals surface area contributed by atoms with E-state index in [1.807, 2.05) is 47.4 Å². The van der Waals surface area contributed by atoms with Gasteiger partial charge in [-0.3, -0.25) is 4.98 Å². The van der Waals surface area contributed by atoms with E-state index in [0.29, 0.717) is 0 Å². The molecule has 0 aliphatic rings. The molecule has 21 heavy (non-hydrogen) atoms. The van der Waals surface area contributed by atoms with E-state index in [0.717, 1.165) is 23.5 Å². The molecule has 0 bridgehead atoms. The summed E-state index contributed by atoms with van der Waals surface area (Å²) in [4.78, 5) is 4.23. The van der Waals surface area contributed by atoms with Crippen molar-refractivity contribution in [2.75, 3.05) is 6.54 Å². The Morgan fingerprint density at radius 1 is 1.05 bits per heavy atom. The second kappa shape index (κ2) is 6.33. The second-order valence-electron chi connectivity index (χ2n) is 4.78. The van der Waals surface area contributed by atoms with Crippen molar-refractivity contribution >= 4 is 0 Å². The first kappa shape index (κ1) is 13.5. The number of nitrogens with zero attached hydrogens (tertiary/aromatic N) is 3. The van der Waals surface area contributed by atoms with Gasteiger partial charge in [-0.25, -0.2) is 4.68 Å². The van der Waals surface area contributed by atoms with Crippen molar-refractivity contribution in [1.82, 2.24) is 20.1 Å². The standard InChI is InChI=1S/C17H18N4/c1-2-19-17(14-7-6-11-18-13-14)16-10-12-20-21(16)15-8-4-3-5-9-15/h3-13,17,19H,2H2,1H3. The molecule has 106 valence electrons. The van der Waals surface area contributed by atoms with Crippen LogP contribution in [0.4, 0.5) is 0 Å². The predicted molar refractivity (Wildman–Crippen MR) is 83.3 cm³/mol. The smallest absolute Gasteiger partial charge is 0.0767 e. The zero-order valence-electron chi connectivity index (χ0n) is 12.0. The fourth-order valence-electron chi connectivity index (χ4n) is 2.46. The molecule has 0 radical (unpaired) electrons. The minimum atomic E-state index is 0.0754. The van der Waals surface area contributed by atoms with Crippen molar-refractivity contribution < 1.29 is 0 Å². The fraction of sp³-hybridized carbons (Fsp3) is 0.176. The topological polar surface area (TPSA) is 42.7 Å². The normalized spacial score (nSPS) is 12.2. The second-order valence-corrected chi connectivity index (χ2v) is 4.78. The maximum absolute atomic E-state index is 4.47. The first-order valence-corrected chi connectivity index (χ1v) is 7.13. The highest BCUT2D eigenvalue weighted by Gasteiger charge is 2.18. The Kier molecular flexibility index (Phi) is 4.07. The summed E-state index contributed by atoms with van der Waals surface area (Å²) >= 11 is 0. The molecule has 2 heterocycles. The average Bonchev–Trinajstić information content (AvgIpc) is 3.03. The van der Waals surface area contributed by atoms with Crippen LogP contribution in [0.2, 0.25) is 0 Å². The lowest BCUT2D eigenvalue weighted by molar-refractivity contribution is 0.592. The number of nitrogens with one attached hydrogen (secondary N) is 1. The predicted octanol–water partition coefficient (Wildman–Crippen LogP) is 2.97. The van der Waals surface area contributed by atoms with E-state index in [9.17, 15) is 0 Å². The van der Waals surface area contributed by atoms with Crippen LogP contribution in [0.5, 0.6) is 0 Å². The van der Waals surface area contributed by atoms with E-state index in [4.69, 9.17) is 0 Å². The first-order valence-electron chi connectivity index (χ1n) is 7.13. The van der Waals surface area contributed by atoms with Crippen molar-refractivity contribution in [3.63, 3.8) is 0 Å². The molecular weight excluding hydrogens is 260 g/mol. The van der Waals surface area contributed by atoms with Crippen LogP contribution in [0.15, 0.2) is 67.1 Å². The van der Waals surface area contributed by atoms with Gasteiger partial charge < -0.3 is 5.32 Å². The lowest BCUT2D eigenvalue weighted by Crippen LogP contribution is -2.24. The zero-order chi connectivity index (χ0) is 14.5. The summed E-state index contributed by atoms with van der Waals surface area (Å²) in [6, 6.07) is 16.3. The van der Waals surface area contributed by atoms with Gasteiger partial charge in [0, 0.05) is 18.6 Å². The molecule has 1 atom stereocenters. The van der Waals surface area contributed by atoms with Gasteiger partial charge in [-0.1, -0.05) is 31.2 Å². The minimum absolute atomic E-state index is 0.0754. The van der Waals surface area contributed by atoms with Gasteiger partial charge in [0.2, 0.25) is 0 Å². The summed E-state index contributed by atoms with van der Waals surface area (Å²) in [5.41, 5.74) is 3.30. The van der Waals surface area contributed by atoms with Crippen molar-refractivity contribution in [1.29, 1.82) is 0 Å². The summed E-state index contributed by atoms with van der Waals surface area (Å²) in [6.45, 7) is 2.98. The highest BCUT2D eigenvalue weighted by Crippen LogP contribution is 2.23. The molecule has 3 aromatic rings. The third-order valence-electron chi connectivity index (χ3n) is 3.39. The Balaban J connectivity index is 2.04. The van der Waals surface area contributed by atoms with Crippen LogP contribution in [-0.2, 0) is 0 Å². The Bertz CT molecular complexity index is 676. The summed E-state index contributed by atoms with van der Waals surface area (Å²) in [5.74, 6) is 0. The number of rotatable bonds is 5. The molecule has 3 rings (SSSR count). The van der Waals surface area contributed by atoms with Gasteiger partial charge in [-0.15, -0.1) is 0 Å². The molecule has 0 saturated carbocycles. The van der Waals surface area contributed by atoms with Crippen LogP contribution in [0.1, 0.15) is 24.2 Å². The van der Waals surface area contributed by atoms with Crippen LogP contribution in [0.3, 0.4) is 0 Å². The summed E-state index contributed by atoms with van der Waals surface area (Å²) in [7, 11) is 0. The maximum Gasteiger partial charge on any atom is 0.0767 e. The zero-order valence-corrected chi connectivity index (χ0v) is 12.0. The average molecular weight is 278 g/mol. The number of para-hydroxylation sites is 1. The highest BCUT2D eigenvalue weighted by molar-refractivity contribution is 5.35. The van der Waals surface area contributed by atoms with Crippen LogP contribution in [0.25, 0.3) is 5.69 Å². The van der Waals surface area contributed by atoms with E-state index in [-0.39, 0.29) is 6.04 Å². The Hall–Kier alpha value is -2.46. The summed E-state index contributed by atoms with van der Waals surface area (Å²) in [5, 5.41) is 7.98. The van der Waals surface area contributed by atoms with Crippen LogP contribution in [-0.4, -0.2) is 21.3 Å². The molecular formula is C17H18N4. The van der Waals surface area contributed by atoms with E-state index < -0.39 is 0 Å². The summed E-state index contributed by atoms with van der Waals surface area (Å²) < 4.78 is 1.97. The SMILES string of the molecule is CCNC(c1cccnc1)c1ccnn1-c1ccccc1. The molecule has 2 aromatic heterocycles. The van der Waals surface area contributed by atoms with E-state index in [2.05, 4.69) is 40.5 Å². The van der Waals surface area contributed by atoms with Gasteiger partial charge in [-0.2, -0.15) is 5.10 Å². The largest absolute Gasteiger partial charge is 0.305 e. The Labute approximate surface area is 124 Å². The fourth-order valence-corrected chi connectivity index (χ4v) is 2.46. The molecule has 1 N–H and O–H groups in total. The summed E-state index contributed by atoms with van der Waals surface area (Å²) in [6.07, 6.45) is 5.53. The van der Waals surface area contributed by atoms with Gasteiger partial charge in [-0.05, 0) is 36.4 Å². The van der Waals surface area contributed by atoms with Gasteiger partial charge in [0.1, 0.15) is 0 Å². The number of hydrogen-bond donors (Lipinski definition) is 1. The van der Waals surface area contributed by atoms with Gasteiger partial charge >= 0.3 is 0 Å². The monoisotopic (exact) mass is 278 g/mol. The molecule has 0 aliphatic heterocycles. The molecule has 4 heteroatoms. The Morgan fingerprint density at radius 2 is 1.90 bits per heavy atom. The van der Waals surface area contributed by atoms with Crippen molar-refractivity contribution in [3.05, 3.63) is 78.4 Å². The number of pyridine rings is 1. The lowest BCUT2D eigenvalue weighted by Gasteiger charge is -2.19. The van der Waals surface area contributed by atoms with Gasteiger partial charge in [0.25, 0.3) is 0 Å². The van der Waals surface area contributed by atoms with Crippen molar-refractivity contribution in [3.8, 4) is 5.69 Å². The number of aromatic nitrogens is 3. The quantitative estimate of drug-likeness (QED) is 0.780. The van der Waals surface area contributed by atoms with E-state index in [1.54, 1.807) is 6.20 Å². The molecule has 0 saturated heterocycles. The minimum Gasteiger partial charge on any atom is -0.305 e. The molecule has 4 nitrogen and oxygen atoms in total. The lowest BCUT2D eigenvalue weighted by atomic mass is 10.1. The van der Waals surface area contributed by atoms with Crippen LogP contribution < -0.4 is 5.32 Å². The molecule has 1 unspecified atom stereocenters. The van der Waals surface area contributed by atoms with Gasteiger partial charge in [0.15, 0.2) is 0 Å². The molecule has 0 fully saturated rings. The maximum atomic E-state index is 4.47. The molecule has 0 amide bonds. The first-order chi connectivity index (χ1) is 10.4. The van der Waals surface area contributed by atoms with Crippen molar-refractivity contribution in [2.45, 2.75) is 13.0 Å². The molecule has 0 aliphatic carbocycles. The third kappa shape index (κ3) is 2.85. The highest BCUT2D eigenvalue weighted by atomic mass is 15.3. The van der Waals surface area contributed by atoms with Gasteiger partial charge in [0.05, 0.1) is 17.4 Å². The molecule has 1 aromatic carbocycles. The number of benzene rings is 1. The van der Waals surface area contributed by atoms with Crippen molar-refractivity contribution in [2.24, 2.45) is 0 Å². The van der Waals surface area contributed by atoms with E-state index >= 15 is 0 Å².